The highest BCUT2D eigenvalue weighted by Crippen LogP contribution is 2.22. The Hall–Kier alpha value is -0.160. The third-order valence-electron chi connectivity index (χ3n) is 2.33. The van der Waals surface area contributed by atoms with Crippen LogP contribution >= 0.6 is 0 Å². The second-order valence-corrected chi connectivity index (χ2v) is 3.23. The molecule has 1 rings (SSSR count). The third-order valence-corrected chi connectivity index (χ3v) is 2.33. The Kier molecular flexibility index (Phi) is 3.06. The van der Waals surface area contributed by atoms with Gasteiger partial charge in [-0.3, -0.25) is 0 Å². The Bertz CT molecular complexity index is 150. The minimum atomic E-state index is -0.855. The van der Waals surface area contributed by atoms with Crippen LogP contribution in [0.3, 0.4) is 0 Å². The first kappa shape index (κ1) is 9.92. The number of aliphatic hydroxyl groups excluding tert-OH is 2. The highest BCUT2D eigenvalue weighted by atomic mass is 16.6. The van der Waals surface area contributed by atoms with Gasteiger partial charge in [0.1, 0.15) is 18.3 Å². The predicted octanol–water partition coefficient (Wildman–Crippen LogP) is -0.470. The lowest BCUT2D eigenvalue weighted by molar-refractivity contribution is -0.219. The monoisotopic (exact) mass is 176 g/mol. The Morgan fingerprint density at radius 1 is 1.08 bits per heavy atom. The minimum Gasteiger partial charge on any atom is -0.388 e. The van der Waals surface area contributed by atoms with Gasteiger partial charge in [0.25, 0.3) is 0 Å². The van der Waals surface area contributed by atoms with E-state index in [9.17, 15) is 10.2 Å². The molecule has 1 saturated heterocycles. The number of aliphatic hydroxyl groups is 2. The van der Waals surface area contributed by atoms with E-state index in [1.165, 1.54) is 7.11 Å². The molecule has 4 nitrogen and oxygen atoms in total. The summed E-state index contributed by atoms with van der Waals surface area (Å²) >= 11 is 0. The third kappa shape index (κ3) is 1.61. The van der Waals surface area contributed by atoms with Crippen molar-refractivity contribution in [1.82, 2.24) is 0 Å². The summed E-state index contributed by atoms with van der Waals surface area (Å²) in [6, 6.07) is 0. The van der Waals surface area contributed by atoms with E-state index in [4.69, 9.17) is 9.47 Å². The topological polar surface area (TPSA) is 58.9 Å². The number of hydrogen-bond acceptors (Lipinski definition) is 4. The van der Waals surface area contributed by atoms with Gasteiger partial charge in [0.2, 0.25) is 0 Å². The van der Waals surface area contributed by atoms with Crippen LogP contribution < -0.4 is 0 Å². The second kappa shape index (κ2) is 3.70. The molecule has 72 valence electrons. The molecule has 0 amide bonds. The van der Waals surface area contributed by atoms with Crippen LogP contribution in [0.2, 0.25) is 0 Å². The maximum absolute atomic E-state index is 9.52. The molecule has 0 aromatic rings. The molecule has 1 heterocycles. The van der Waals surface area contributed by atoms with Crippen LogP contribution in [0.15, 0.2) is 0 Å². The molecule has 0 bridgehead atoms. The Balaban J connectivity index is 2.65. The van der Waals surface area contributed by atoms with Gasteiger partial charge < -0.3 is 19.7 Å². The molecule has 1 aliphatic heterocycles. The standard InChI is InChI=1S/C8H16O4/c1-4-6(9)7(10)8(11-3)5(2)12-4/h4-10H,1-3H3/t4?,5?,6?,7?,8-/m1/s1. The van der Waals surface area contributed by atoms with Crippen molar-refractivity contribution in [2.45, 2.75) is 44.4 Å². The van der Waals surface area contributed by atoms with Crippen molar-refractivity contribution in [1.29, 1.82) is 0 Å². The molecule has 0 saturated carbocycles. The van der Waals surface area contributed by atoms with Crippen molar-refractivity contribution in [3.05, 3.63) is 0 Å². The fourth-order valence-corrected chi connectivity index (χ4v) is 1.58. The van der Waals surface area contributed by atoms with Crippen LogP contribution in [-0.2, 0) is 9.47 Å². The Labute approximate surface area is 72.1 Å². The molecule has 0 aliphatic carbocycles. The van der Waals surface area contributed by atoms with E-state index in [-0.39, 0.29) is 12.2 Å². The fraction of sp³-hybridized carbons (Fsp3) is 1.00. The fourth-order valence-electron chi connectivity index (χ4n) is 1.58. The maximum Gasteiger partial charge on any atom is 0.111 e. The summed E-state index contributed by atoms with van der Waals surface area (Å²) < 4.78 is 10.3. The molecule has 0 spiro atoms. The van der Waals surface area contributed by atoms with Crippen LogP contribution in [-0.4, -0.2) is 47.8 Å². The molecule has 1 aliphatic rings. The first-order valence-corrected chi connectivity index (χ1v) is 4.12. The van der Waals surface area contributed by atoms with E-state index in [2.05, 4.69) is 0 Å². The molecular weight excluding hydrogens is 160 g/mol. The van der Waals surface area contributed by atoms with Gasteiger partial charge in [-0.25, -0.2) is 0 Å². The highest BCUT2D eigenvalue weighted by molar-refractivity contribution is 4.89. The summed E-state index contributed by atoms with van der Waals surface area (Å²) in [4.78, 5) is 0. The van der Waals surface area contributed by atoms with E-state index in [0.29, 0.717) is 0 Å². The lowest BCUT2D eigenvalue weighted by atomic mass is 9.96. The van der Waals surface area contributed by atoms with E-state index in [1.807, 2.05) is 6.92 Å². The highest BCUT2D eigenvalue weighted by Gasteiger charge is 2.40. The normalized spacial score (nSPS) is 49.2. The minimum absolute atomic E-state index is 0.177. The van der Waals surface area contributed by atoms with Crippen LogP contribution in [0.5, 0.6) is 0 Å². The number of ether oxygens (including phenoxy) is 2. The average Bonchev–Trinajstić information content (AvgIpc) is 2.01. The lowest BCUT2D eigenvalue weighted by Gasteiger charge is -2.39. The summed E-state index contributed by atoms with van der Waals surface area (Å²) in [5.74, 6) is 0. The van der Waals surface area contributed by atoms with Crippen LogP contribution in [0, 0.1) is 0 Å². The van der Waals surface area contributed by atoms with Gasteiger partial charge in [-0.15, -0.1) is 0 Å². The van der Waals surface area contributed by atoms with Gasteiger partial charge in [0.05, 0.1) is 12.2 Å². The number of methoxy groups -OCH3 is 1. The van der Waals surface area contributed by atoms with Crippen molar-refractivity contribution >= 4 is 0 Å². The van der Waals surface area contributed by atoms with E-state index >= 15 is 0 Å². The summed E-state index contributed by atoms with van der Waals surface area (Å²) in [5, 5.41) is 18.9. The first-order valence-electron chi connectivity index (χ1n) is 4.12. The second-order valence-electron chi connectivity index (χ2n) is 3.23. The van der Waals surface area contributed by atoms with E-state index < -0.39 is 18.3 Å². The summed E-state index contributed by atoms with van der Waals surface area (Å²) in [6.45, 7) is 3.55. The van der Waals surface area contributed by atoms with Gasteiger partial charge >= 0.3 is 0 Å². The van der Waals surface area contributed by atoms with Gasteiger partial charge in [-0.2, -0.15) is 0 Å². The summed E-state index contributed by atoms with van der Waals surface area (Å²) in [5.41, 5.74) is 0. The predicted molar refractivity (Wildman–Crippen MR) is 42.8 cm³/mol. The molecular formula is C8H16O4. The molecule has 4 heteroatoms. The molecule has 0 radical (unpaired) electrons. The van der Waals surface area contributed by atoms with Crippen molar-refractivity contribution in [2.75, 3.05) is 7.11 Å². The molecule has 1 fully saturated rings. The molecule has 5 atom stereocenters. The smallest absolute Gasteiger partial charge is 0.111 e. The van der Waals surface area contributed by atoms with Crippen molar-refractivity contribution < 1.29 is 19.7 Å². The van der Waals surface area contributed by atoms with E-state index in [1.54, 1.807) is 6.92 Å². The van der Waals surface area contributed by atoms with Gasteiger partial charge in [0.15, 0.2) is 0 Å². The molecule has 0 aromatic heterocycles. The quantitative estimate of drug-likeness (QED) is 0.567. The maximum atomic E-state index is 9.52. The Morgan fingerprint density at radius 2 is 1.67 bits per heavy atom. The van der Waals surface area contributed by atoms with Gasteiger partial charge in [-0.1, -0.05) is 0 Å². The zero-order valence-electron chi connectivity index (χ0n) is 7.60. The zero-order valence-corrected chi connectivity index (χ0v) is 7.60. The molecule has 0 aromatic carbocycles. The number of rotatable bonds is 1. The van der Waals surface area contributed by atoms with Gasteiger partial charge in [-0.05, 0) is 13.8 Å². The van der Waals surface area contributed by atoms with Gasteiger partial charge in [0, 0.05) is 7.11 Å². The molecule has 4 unspecified atom stereocenters. The Morgan fingerprint density at radius 3 is 2.17 bits per heavy atom. The van der Waals surface area contributed by atoms with Crippen molar-refractivity contribution in [3.8, 4) is 0 Å². The summed E-state index contributed by atoms with van der Waals surface area (Å²) in [6.07, 6.45) is -2.65. The van der Waals surface area contributed by atoms with Crippen LogP contribution in [0.4, 0.5) is 0 Å². The largest absolute Gasteiger partial charge is 0.388 e. The zero-order chi connectivity index (χ0) is 9.30. The number of hydrogen-bond donors (Lipinski definition) is 2. The molecule has 2 N–H and O–H groups in total. The molecule has 12 heavy (non-hydrogen) atoms. The van der Waals surface area contributed by atoms with E-state index in [0.717, 1.165) is 0 Å². The SMILES string of the molecule is CO[C@@H]1C(C)OC(C)C(O)C1O. The van der Waals surface area contributed by atoms with Crippen molar-refractivity contribution in [3.63, 3.8) is 0 Å². The lowest BCUT2D eigenvalue weighted by Crippen LogP contribution is -2.56. The van der Waals surface area contributed by atoms with Crippen LogP contribution in [0.1, 0.15) is 13.8 Å². The van der Waals surface area contributed by atoms with Crippen LogP contribution in [0.25, 0.3) is 0 Å². The summed E-state index contributed by atoms with van der Waals surface area (Å²) in [7, 11) is 1.50. The first-order chi connectivity index (χ1) is 5.57. The van der Waals surface area contributed by atoms with Crippen molar-refractivity contribution in [2.24, 2.45) is 0 Å². The average molecular weight is 176 g/mol.